The molecule has 0 aliphatic rings. The first kappa shape index (κ1) is 10.8. The standard InChI is InChI=1S/C11H9ClFN3/c1-14-9-5-6-15-11(16-9)7-3-2-4-8(12)10(7)13/h2-6H,1H3,(H,14,15,16). The van der Waals surface area contributed by atoms with E-state index in [1.807, 2.05) is 0 Å². The fourth-order valence-corrected chi connectivity index (χ4v) is 1.48. The van der Waals surface area contributed by atoms with Crippen molar-refractivity contribution in [1.29, 1.82) is 0 Å². The number of benzene rings is 1. The highest BCUT2D eigenvalue weighted by molar-refractivity contribution is 6.31. The molecule has 1 heterocycles. The molecule has 1 aromatic carbocycles. The minimum Gasteiger partial charge on any atom is -0.373 e. The molecule has 0 atom stereocenters. The second-order valence-corrected chi connectivity index (χ2v) is 3.52. The molecule has 1 N–H and O–H groups in total. The van der Waals surface area contributed by atoms with Gasteiger partial charge in [-0.25, -0.2) is 14.4 Å². The average molecular weight is 238 g/mol. The van der Waals surface area contributed by atoms with Crippen LogP contribution in [0.3, 0.4) is 0 Å². The van der Waals surface area contributed by atoms with Crippen molar-refractivity contribution in [1.82, 2.24) is 9.97 Å². The summed E-state index contributed by atoms with van der Waals surface area (Å²) in [6.07, 6.45) is 1.56. The topological polar surface area (TPSA) is 37.8 Å². The van der Waals surface area contributed by atoms with Crippen molar-refractivity contribution in [2.75, 3.05) is 12.4 Å². The molecule has 0 aliphatic carbocycles. The fourth-order valence-electron chi connectivity index (χ4n) is 1.30. The third-order valence-corrected chi connectivity index (χ3v) is 2.40. The summed E-state index contributed by atoms with van der Waals surface area (Å²) in [6.45, 7) is 0. The van der Waals surface area contributed by atoms with Gasteiger partial charge in [-0.15, -0.1) is 0 Å². The molecule has 0 radical (unpaired) electrons. The molecule has 0 aliphatic heterocycles. The number of hydrogen-bond acceptors (Lipinski definition) is 3. The molecular formula is C11H9ClFN3. The summed E-state index contributed by atoms with van der Waals surface area (Å²) >= 11 is 5.69. The van der Waals surface area contributed by atoms with Gasteiger partial charge in [0.1, 0.15) is 5.82 Å². The van der Waals surface area contributed by atoms with Gasteiger partial charge in [0.15, 0.2) is 11.6 Å². The smallest absolute Gasteiger partial charge is 0.164 e. The number of aromatic nitrogens is 2. The van der Waals surface area contributed by atoms with Gasteiger partial charge < -0.3 is 5.32 Å². The highest BCUT2D eigenvalue weighted by atomic mass is 35.5. The van der Waals surface area contributed by atoms with E-state index in [9.17, 15) is 4.39 Å². The van der Waals surface area contributed by atoms with Gasteiger partial charge in [0, 0.05) is 13.2 Å². The van der Waals surface area contributed by atoms with Gasteiger partial charge in [0.2, 0.25) is 0 Å². The summed E-state index contributed by atoms with van der Waals surface area (Å²) in [6, 6.07) is 6.44. The first-order chi connectivity index (χ1) is 7.72. The van der Waals surface area contributed by atoms with Gasteiger partial charge in [-0.1, -0.05) is 17.7 Å². The van der Waals surface area contributed by atoms with Crippen LogP contribution in [0.2, 0.25) is 5.02 Å². The van der Waals surface area contributed by atoms with Gasteiger partial charge in [0.05, 0.1) is 10.6 Å². The predicted molar refractivity (Wildman–Crippen MR) is 62.0 cm³/mol. The maximum atomic E-state index is 13.7. The number of hydrogen-bond donors (Lipinski definition) is 1. The zero-order chi connectivity index (χ0) is 11.5. The van der Waals surface area contributed by atoms with Crippen LogP contribution < -0.4 is 5.32 Å². The highest BCUT2D eigenvalue weighted by Gasteiger charge is 2.10. The summed E-state index contributed by atoms with van der Waals surface area (Å²) in [5.41, 5.74) is 0.296. The molecular weight excluding hydrogens is 229 g/mol. The zero-order valence-corrected chi connectivity index (χ0v) is 9.29. The minimum absolute atomic E-state index is 0.0657. The van der Waals surface area contributed by atoms with Crippen molar-refractivity contribution < 1.29 is 4.39 Å². The van der Waals surface area contributed by atoms with Crippen LogP contribution in [0, 0.1) is 5.82 Å². The van der Waals surface area contributed by atoms with Crippen LogP contribution in [-0.2, 0) is 0 Å². The largest absolute Gasteiger partial charge is 0.373 e. The lowest BCUT2D eigenvalue weighted by atomic mass is 10.2. The Morgan fingerprint density at radius 2 is 2.12 bits per heavy atom. The molecule has 16 heavy (non-hydrogen) atoms. The number of anilines is 1. The summed E-state index contributed by atoms with van der Waals surface area (Å²) in [5.74, 6) is 0.439. The summed E-state index contributed by atoms with van der Waals surface area (Å²) in [4.78, 5) is 8.15. The van der Waals surface area contributed by atoms with E-state index in [2.05, 4.69) is 15.3 Å². The lowest BCUT2D eigenvalue weighted by molar-refractivity contribution is 0.630. The Hall–Kier alpha value is -1.68. The van der Waals surface area contributed by atoms with Crippen LogP contribution in [0.1, 0.15) is 0 Å². The summed E-state index contributed by atoms with van der Waals surface area (Å²) in [5, 5.41) is 2.93. The monoisotopic (exact) mass is 237 g/mol. The van der Waals surface area contributed by atoms with Gasteiger partial charge in [-0.05, 0) is 18.2 Å². The Morgan fingerprint density at radius 1 is 1.31 bits per heavy atom. The Labute approximate surface area is 97.3 Å². The number of nitrogens with zero attached hydrogens (tertiary/aromatic N) is 2. The van der Waals surface area contributed by atoms with Crippen molar-refractivity contribution in [3.05, 3.63) is 41.3 Å². The van der Waals surface area contributed by atoms with E-state index in [1.54, 1.807) is 31.4 Å². The molecule has 0 bridgehead atoms. The van der Waals surface area contributed by atoms with Crippen molar-refractivity contribution in [2.45, 2.75) is 0 Å². The Morgan fingerprint density at radius 3 is 2.88 bits per heavy atom. The van der Waals surface area contributed by atoms with E-state index in [0.717, 1.165) is 0 Å². The first-order valence-electron chi connectivity index (χ1n) is 4.67. The predicted octanol–water partition coefficient (Wildman–Crippen LogP) is 2.98. The quantitative estimate of drug-likeness (QED) is 0.873. The first-order valence-corrected chi connectivity index (χ1v) is 5.05. The molecule has 0 fully saturated rings. The zero-order valence-electron chi connectivity index (χ0n) is 8.54. The maximum Gasteiger partial charge on any atom is 0.164 e. The SMILES string of the molecule is CNc1ccnc(-c2cccc(Cl)c2F)n1. The molecule has 0 amide bonds. The Kier molecular flexibility index (Phi) is 3.01. The lowest BCUT2D eigenvalue weighted by Crippen LogP contribution is -1.97. The van der Waals surface area contributed by atoms with Crippen LogP contribution in [0.15, 0.2) is 30.5 Å². The molecule has 3 nitrogen and oxygen atoms in total. The van der Waals surface area contributed by atoms with Crippen molar-refractivity contribution in [3.63, 3.8) is 0 Å². The third-order valence-electron chi connectivity index (χ3n) is 2.10. The molecule has 2 aromatic rings. The highest BCUT2D eigenvalue weighted by Crippen LogP contribution is 2.25. The lowest BCUT2D eigenvalue weighted by Gasteiger charge is -2.04. The van der Waals surface area contributed by atoms with E-state index in [0.29, 0.717) is 17.2 Å². The van der Waals surface area contributed by atoms with Crippen LogP contribution in [0.4, 0.5) is 10.2 Å². The molecule has 0 saturated carbocycles. The maximum absolute atomic E-state index is 13.7. The molecule has 1 aromatic heterocycles. The Bertz CT molecular complexity index is 516. The van der Waals surface area contributed by atoms with Gasteiger partial charge in [0.25, 0.3) is 0 Å². The minimum atomic E-state index is -0.502. The van der Waals surface area contributed by atoms with Crippen LogP contribution in [-0.4, -0.2) is 17.0 Å². The van der Waals surface area contributed by atoms with E-state index in [-0.39, 0.29) is 5.02 Å². The number of halogens is 2. The van der Waals surface area contributed by atoms with Gasteiger partial charge in [-0.3, -0.25) is 0 Å². The number of nitrogens with one attached hydrogen (secondary N) is 1. The molecule has 82 valence electrons. The Balaban J connectivity index is 2.54. The van der Waals surface area contributed by atoms with Crippen LogP contribution >= 0.6 is 11.6 Å². The van der Waals surface area contributed by atoms with Gasteiger partial charge >= 0.3 is 0 Å². The van der Waals surface area contributed by atoms with E-state index in [1.165, 1.54) is 6.07 Å². The van der Waals surface area contributed by atoms with Crippen LogP contribution in [0.5, 0.6) is 0 Å². The molecule has 2 rings (SSSR count). The normalized spacial score (nSPS) is 10.2. The summed E-state index contributed by atoms with van der Waals surface area (Å²) in [7, 11) is 1.74. The average Bonchev–Trinajstić information content (AvgIpc) is 2.33. The van der Waals surface area contributed by atoms with Gasteiger partial charge in [-0.2, -0.15) is 0 Å². The molecule has 0 spiro atoms. The summed E-state index contributed by atoms with van der Waals surface area (Å²) < 4.78 is 13.7. The van der Waals surface area contributed by atoms with Crippen molar-refractivity contribution in [2.24, 2.45) is 0 Å². The molecule has 0 unspecified atom stereocenters. The second-order valence-electron chi connectivity index (χ2n) is 3.12. The van der Waals surface area contributed by atoms with E-state index < -0.39 is 5.82 Å². The van der Waals surface area contributed by atoms with E-state index >= 15 is 0 Å². The van der Waals surface area contributed by atoms with E-state index in [4.69, 9.17) is 11.6 Å². The molecule has 0 saturated heterocycles. The number of rotatable bonds is 2. The molecule has 5 heteroatoms. The second kappa shape index (κ2) is 4.45. The van der Waals surface area contributed by atoms with Crippen LogP contribution in [0.25, 0.3) is 11.4 Å². The third kappa shape index (κ3) is 1.97. The van der Waals surface area contributed by atoms with Crippen molar-refractivity contribution >= 4 is 17.4 Å². The fraction of sp³-hybridized carbons (Fsp3) is 0.0909. The van der Waals surface area contributed by atoms with Crippen molar-refractivity contribution in [3.8, 4) is 11.4 Å².